The van der Waals surface area contributed by atoms with E-state index in [9.17, 15) is 9.59 Å². The Morgan fingerprint density at radius 3 is 2.52 bits per heavy atom. The molecule has 2 amide bonds. The minimum Gasteiger partial charge on any atom is -0.493 e. The Kier molecular flexibility index (Phi) is 9.02. The topological polar surface area (TPSA) is 98.2 Å². The number of benzene rings is 1. The first-order valence-corrected chi connectivity index (χ1v) is 7.92. The molecule has 8 nitrogen and oxygen atoms in total. The number of nitrogens with zero attached hydrogens (tertiary/aromatic N) is 1. The second kappa shape index (κ2) is 11.0. The molecule has 0 bridgehead atoms. The number of hydrogen-bond donors (Lipinski definition) is 2. The van der Waals surface area contributed by atoms with Gasteiger partial charge in [0.25, 0.3) is 0 Å². The van der Waals surface area contributed by atoms with Gasteiger partial charge in [-0.2, -0.15) is 5.10 Å². The lowest BCUT2D eigenvalue weighted by atomic mass is 10.2. The fourth-order valence-electron chi connectivity index (χ4n) is 1.82. The zero-order valence-electron chi connectivity index (χ0n) is 15.0. The van der Waals surface area contributed by atoms with Gasteiger partial charge in [-0.25, -0.2) is 5.43 Å². The monoisotopic (exact) mass is 351 g/mol. The molecule has 2 N–H and O–H groups in total. The maximum absolute atomic E-state index is 11.6. The molecule has 0 saturated carbocycles. The molecule has 0 fully saturated rings. The fourth-order valence-corrected chi connectivity index (χ4v) is 1.82. The number of hydrogen-bond acceptors (Lipinski definition) is 6. The van der Waals surface area contributed by atoms with Crippen LogP contribution in [-0.4, -0.2) is 51.5 Å². The van der Waals surface area contributed by atoms with Gasteiger partial charge in [0.15, 0.2) is 11.5 Å². The number of rotatable bonds is 9. The van der Waals surface area contributed by atoms with E-state index in [4.69, 9.17) is 14.2 Å². The number of carbonyl (C=O) groups is 2. The van der Waals surface area contributed by atoms with Crippen molar-refractivity contribution in [3.63, 3.8) is 0 Å². The standard InChI is InChI=1S/C17H25N3O5/c1-12(2)25-9-5-8-18-16(21)17(22)20-19-11-13-6-7-14(23-3)15(10-13)24-4/h6-7,10-12H,5,8-9H2,1-4H3,(H,18,21)(H,20,22)/b19-11-. The number of methoxy groups -OCH3 is 2. The molecule has 0 aliphatic heterocycles. The van der Waals surface area contributed by atoms with E-state index in [2.05, 4.69) is 15.8 Å². The third-order valence-electron chi connectivity index (χ3n) is 3.05. The van der Waals surface area contributed by atoms with E-state index < -0.39 is 11.8 Å². The van der Waals surface area contributed by atoms with Crippen molar-refractivity contribution in [3.05, 3.63) is 23.8 Å². The summed E-state index contributed by atoms with van der Waals surface area (Å²) in [4.78, 5) is 23.2. The molecule has 0 aliphatic rings. The van der Waals surface area contributed by atoms with E-state index in [1.54, 1.807) is 25.3 Å². The van der Waals surface area contributed by atoms with Crippen LogP contribution in [0.25, 0.3) is 0 Å². The van der Waals surface area contributed by atoms with Crippen LogP contribution < -0.4 is 20.2 Å². The highest BCUT2D eigenvalue weighted by Crippen LogP contribution is 2.26. The summed E-state index contributed by atoms with van der Waals surface area (Å²) < 4.78 is 15.6. The van der Waals surface area contributed by atoms with Gasteiger partial charge in [-0.3, -0.25) is 9.59 Å². The molecule has 1 aromatic carbocycles. The normalized spacial score (nSPS) is 10.8. The van der Waals surface area contributed by atoms with E-state index in [-0.39, 0.29) is 6.10 Å². The van der Waals surface area contributed by atoms with Crippen molar-refractivity contribution in [3.8, 4) is 11.5 Å². The molecule has 0 aromatic heterocycles. The molecule has 0 aliphatic carbocycles. The molecule has 0 saturated heterocycles. The Bertz CT molecular complexity index is 602. The molecule has 0 spiro atoms. The zero-order chi connectivity index (χ0) is 18.7. The molecular formula is C17H25N3O5. The van der Waals surface area contributed by atoms with Crippen LogP contribution in [0.15, 0.2) is 23.3 Å². The maximum Gasteiger partial charge on any atom is 0.329 e. The first-order valence-electron chi connectivity index (χ1n) is 7.92. The molecular weight excluding hydrogens is 326 g/mol. The van der Waals surface area contributed by atoms with E-state index in [0.717, 1.165) is 0 Å². The fraction of sp³-hybridized carbons (Fsp3) is 0.471. The van der Waals surface area contributed by atoms with E-state index in [0.29, 0.717) is 36.6 Å². The number of nitrogens with one attached hydrogen (secondary N) is 2. The number of carbonyl (C=O) groups excluding carboxylic acids is 2. The highest BCUT2D eigenvalue weighted by atomic mass is 16.5. The minimum atomic E-state index is -0.832. The minimum absolute atomic E-state index is 0.143. The summed E-state index contributed by atoms with van der Waals surface area (Å²) in [6.45, 7) is 4.75. The van der Waals surface area contributed by atoms with Crippen LogP contribution >= 0.6 is 0 Å². The number of hydrazone groups is 1. The molecule has 8 heteroatoms. The van der Waals surface area contributed by atoms with Crippen molar-refractivity contribution in [2.24, 2.45) is 5.10 Å². The summed E-state index contributed by atoms with van der Waals surface area (Å²) >= 11 is 0. The van der Waals surface area contributed by atoms with Gasteiger partial charge in [-0.1, -0.05) is 0 Å². The first kappa shape index (κ1) is 20.4. The van der Waals surface area contributed by atoms with Crippen LogP contribution in [0.5, 0.6) is 11.5 Å². The van der Waals surface area contributed by atoms with Gasteiger partial charge >= 0.3 is 11.8 Å². The van der Waals surface area contributed by atoms with Crippen molar-refractivity contribution in [1.82, 2.24) is 10.7 Å². The van der Waals surface area contributed by atoms with Crippen LogP contribution in [0.3, 0.4) is 0 Å². The number of amides is 2. The lowest BCUT2D eigenvalue weighted by molar-refractivity contribution is -0.139. The predicted octanol–water partition coefficient (Wildman–Crippen LogP) is 1.09. The summed E-state index contributed by atoms with van der Waals surface area (Å²) in [5, 5.41) is 6.25. The average molecular weight is 351 g/mol. The molecule has 1 rings (SSSR count). The third kappa shape index (κ3) is 7.67. The molecule has 0 radical (unpaired) electrons. The second-order valence-corrected chi connectivity index (χ2v) is 5.34. The maximum atomic E-state index is 11.6. The van der Waals surface area contributed by atoms with Gasteiger partial charge in [-0.05, 0) is 44.0 Å². The van der Waals surface area contributed by atoms with Crippen LogP contribution in [0.2, 0.25) is 0 Å². The summed E-state index contributed by atoms with van der Waals surface area (Å²) in [6.07, 6.45) is 2.18. The highest BCUT2D eigenvalue weighted by molar-refractivity contribution is 6.35. The number of ether oxygens (including phenoxy) is 3. The largest absolute Gasteiger partial charge is 0.493 e. The van der Waals surface area contributed by atoms with Gasteiger partial charge < -0.3 is 19.5 Å². The molecule has 0 unspecified atom stereocenters. The second-order valence-electron chi connectivity index (χ2n) is 5.34. The average Bonchev–Trinajstić information content (AvgIpc) is 2.60. The quantitative estimate of drug-likeness (QED) is 0.300. The summed E-state index contributed by atoms with van der Waals surface area (Å²) in [5.74, 6) is -0.445. The van der Waals surface area contributed by atoms with Crippen LogP contribution in [-0.2, 0) is 14.3 Å². The highest BCUT2D eigenvalue weighted by Gasteiger charge is 2.11. The lowest BCUT2D eigenvalue weighted by Crippen LogP contribution is -2.38. The third-order valence-corrected chi connectivity index (χ3v) is 3.05. The van der Waals surface area contributed by atoms with Gasteiger partial charge in [-0.15, -0.1) is 0 Å². The van der Waals surface area contributed by atoms with Gasteiger partial charge in [0.1, 0.15) is 0 Å². The Balaban J connectivity index is 2.39. The van der Waals surface area contributed by atoms with Crippen molar-refractivity contribution in [2.45, 2.75) is 26.4 Å². The predicted molar refractivity (Wildman–Crippen MR) is 94.0 cm³/mol. The smallest absolute Gasteiger partial charge is 0.329 e. The Hall–Kier alpha value is -2.61. The molecule has 25 heavy (non-hydrogen) atoms. The zero-order valence-corrected chi connectivity index (χ0v) is 15.0. The van der Waals surface area contributed by atoms with E-state index in [1.165, 1.54) is 13.3 Å². The van der Waals surface area contributed by atoms with Crippen molar-refractivity contribution in [2.75, 3.05) is 27.4 Å². The summed E-state index contributed by atoms with van der Waals surface area (Å²) in [6, 6.07) is 5.16. The Labute approximate surface area is 147 Å². The van der Waals surface area contributed by atoms with Crippen molar-refractivity contribution in [1.29, 1.82) is 0 Å². The molecule has 0 heterocycles. The van der Waals surface area contributed by atoms with Crippen LogP contribution in [0.1, 0.15) is 25.8 Å². The van der Waals surface area contributed by atoms with Crippen LogP contribution in [0.4, 0.5) is 0 Å². The van der Waals surface area contributed by atoms with Crippen molar-refractivity contribution < 1.29 is 23.8 Å². The van der Waals surface area contributed by atoms with Gasteiger partial charge in [0.2, 0.25) is 0 Å². The Morgan fingerprint density at radius 2 is 1.88 bits per heavy atom. The van der Waals surface area contributed by atoms with Crippen LogP contribution in [0, 0.1) is 0 Å². The van der Waals surface area contributed by atoms with Crippen molar-refractivity contribution >= 4 is 18.0 Å². The Morgan fingerprint density at radius 1 is 1.16 bits per heavy atom. The summed E-state index contributed by atoms with van der Waals surface area (Å²) in [7, 11) is 3.07. The van der Waals surface area contributed by atoms with Gasteiger partial charge in [0, 0.05) is 13.2 Å². The lowest BCUT2D eigenvalue weighted by Gasteiger charge is -2.08. The molecule has 0 atom stereocenters. The van der Waals surface area contributed by atoms with E-state index >= 15 is 0 Å². The first-order chi connectivity index (χ1) is 12.0. The SMILES string of the molecule is COc1ccc(/C=N\NC(=O)C(=O)NCCCOC(C)C)cc1OC. The molecule has 138 valence electrons. The summed E-state index contributed by atoms with van der Waals surface area (Å²) in [5.41, 5.74) is 2.86. The van der Waals surface area contributed by atoms with E-state index in [1.807, 2.05) is 13.8 Å². The molecule has 1 aromatic rings. The van der Waals surface area contributed by atoms with Gasteiger partial charge in [0.05, 0.1) is 26.5 Å².